The Bertz CT molecular complexity index is 1180. The molecular weight excluding hydrogens is 460 g/mol. The fourth-order valence-corrected chi connectivity index (χ4v) is 3.28. The number of halogens is 1. The number of hydrogen-bond donors (Lipinski definition) is 2. The Morgan fingerprint density at radius 3 is 2.58 bits per heavy atom. The van der Waals surface area contributed by atoms with Crippen LogP contribution in [0.2, 0.25) is 0 Å². The van der Waals surface area contributed by atoms with Gasteiger partial charge in [-0.05, 0) is 64.0 Å². The van der Waals surface area contributed by atoms with Gasteiger partial charge < -0.3 is 10.6 Å². The van der Waals surface area contributed by atoms with E-state index in [1.807, 2.05) is 36.5 Å². The first-order valence-corrected chi connectivity index (χ1v) is 10.3. The van der Waals surface area contributed by atoms with E-state index in [4.69, 9.17) is 0 Å². The van der Waals surface area contributed by atoms with Gasteiger partial charge in [-0.1, -0.05) is 12.1 Å². The zero-order valence-electron chi connectivity index (χ0n) is 16.4. The molecule has 0 radical (unpaired) electrons. The lowest BCUT2D eigenvalue weighted by Crippen LogP contribution is -2.23. The fourth-order valence-electron chi connectivity index (χ4n) is 2.99. The quantitative estimate of drug-likeness (QED) is 0.425. The summed E-state index contributed by atoms with van der Waals surface area (Å²) in [6.45, 7) is 0.481. The van der Waals surface area contributed by atoms with E-state index in [2.05, 4.69) is 36.8 Å². The number of anilines is 1. The second kappa shape index (κ2) is 9.40. The van der Waals surface area contributed by atoms with Gasteiger partial charge in [0.1, 0.15) is 6.54 Å². The lowest BCUT2D eigenvalue weighted by atomic mass is 10.1. The Hall–Kier alpha value is -3.72. The van der Waals surface area contributed by atoms with E-state index in [-0.39, 0.29) is 18.4 Å². The van der Waals surface area contributed by atoms with Crippen LogP contribution in [0.5, 0.6) is 0 Å². The molecule has 0 aliphatic rings. The molecule has 0 bridgehead atoms. The summed E-state index contributed by atoms with van der Waals surface area (Å²) in [5.41, 5.74) is 2.96. The molecule has 0 aliphatic heterocycles. The van der Waals surface area contributed by atoms with Crippen LogP contribution in [0.3, 0.4) is 0 Å². The molecule has 0 saturated carbocycles. The third-order valence-electron chi connectivity index (χ3n) is 4.47. The Labute approximate surface area is 187 Å². The van der Waals surface area contributed by atoms with Crippen molar-refractivity contribution in [3.8, 4) is 5.69 Å². The summed E-state index contributed by atoms with van der Waals surface area (Å²) < 4.78 is 4.16. The normalized spacial score (nSPS) is 10.6. The molecule has 2 N–H and O–H groups in total. The van der Waals surface area contributed by atoms with Gasteiger partial charge in [0, 0.05) is 36.4 Å². The van der Waals surface area contributed by atoms with Crippen LogP contribution in [-0.2, 0) is 17.9 Å². The van der Waals surface area contributed by atoms with Gasteiger partial charge in [0.05, 0.1) is 16.4 Å². The zero-order valence-corrected chi connectivity index (χ0v) is 18.0. The molecule has 2 amide bonds. The van der Waals surface area contributed by atoms with Crippen molar-refractivity contribution in [1.29, 1.82) is 0 Å². The number of carbonyl (C=O) groups is 2. The Kier molecular flexibility index (Phi) is 6.23. The average Bonchev–Trinajstić information content (AvgIpc) is 3.44. The summed E-state index contributed by atoms with van der Waals surface area (Å²) in [6, 6.07) is 16.3. The standard InChI is InChI=1S/C22H19BrN6O2/c23-18-13-26-29(14-18)20-7-5-17(6-8-20)22(31)24-12-16-3-1-4-19(11-16)27-21(30)15-28-10-2-9-25-28/h1-11,13-14H,12,15H2,(H,24,31)(H,27,30). The second-order valence-electron chi connectivity index (χ2n) is 6.78. The number of aromatic nitrogens is 4. The minimum absolute atomic E-state index is 0.138. The zero-order chi connectivity index (χ0) is 21.6. The number of nitrogens with one attached hydrogen (secondary N) is 2. The highest BCUT2D eigenvalue weighted by molar-refractivity contribution is 9.10. The van der Waals surface area contributed by atoms with Crippen LogP contribution < -0.4 is 10.6 Å². The van der Waals surface area contributed by atoms with Crippen LogP contribution in [0.1, 0.15) is 15.9 Å². The highest BCUT2D eigenvalue weighted by Crippen LogP contribution is 2.14. The maximum absolute atomic E-state index is 12.5. The van der Waals surface area contributed by atoms with E-state index >= 15 is 0 Å². The minimum atomic E-state index is -0.179. The maximum atomic E-state index is 12.5. The third-order valence-corrected chi connectivity index (χ3v) is 4.88. The van der Waals surface area contributed by atoms with Crippen molar-refractivity contribution in [3.05, 3.63) is 95.0 Å². The topological polar surface area (TPSA) is 93.8 Å². The summed E-state index contributed by atoms with van der Waals surface area (Å²) in [5.74, 6) is -0.351. The van der Waals surface area contributed by atoms with Crippen LogP contribution in [0.15, 0.2) is 83.9 Å². The monoisotopic (exact) mass is 478 g/mol. The molecule has 0 atom stereocenters. The number of amides is 2. The van der Waals surface area contributed by atoms with Crippen LogP contribution in [0.4, 0.5) is 5.69 Å². The van der Waals surface area contributed by atoms with E-state index in [0.29, 0.717) is 17.8 Å². The van der Waals surface area contributed by atoms with E-state index in [1.165, 1.54) is 0 Å². The molecule has 4 rings (SSSR count). The van der Waals surface area contributed by atoms with Crippen LogP contribution in [-0.4, -0.2) is 31.4 Å². The molecule has 4 aromatic rings. The van der Waals surface area contributed by atoms with Crippen molar-refractivity contribution in [1.82, 2.24) is 24.9 Å². The van der Waals surface area contributed by atoms with Gasteiger partial charge in [0.15, 0.2) is 0 Å². The average molecular weight is 479 g/mol. The van der Waals surface area contributed by atoms with Crippen LogP contribution in [0.25, 0.3) is 5.69 Å². The number of nitrogens with zero attached hydrogens (tertiary/aromatic N) is 4. The summed E-state index contributed by atoms with van der Waals surface area (Å²) in [5, 5.41) is 14.0. The van der Waals surface area contributed by atoms with Crippen molar-refractivity contribution in [3.63, 3.8) is 0 Å². The number of hydrogen-bond acceptors (Lipinski definition) is 4. The van der Waals surface area contributed by atoms with E-state index in [0.717, 1.165) is 15.7 Å². The molecule has 0 aliphatic carbocycles. The predicted octanol–water partition coefficient (Wildman–Crippen LogP) is 3.40. The minimum Gasteiger partial charge on any atom is -0.348 e. The molecular formula is C22H19BrN6O2. The molecule has 0 saturated heterocycles. The molecule has 2 heterocycles. The van der Waals surface area contributed by atoms with Gasteiger partial charge in [0.25, 0.3) is 5.91 Å². The van der Waals surface area contributed by atoms with E-state index < -0.39 is 0 Å². The summed E-state index contributed by atoms with van der Waals surface area (Å²) in [7, 11) is 0. The summed E-state index contributed by atoms with van der Waals surface area (Å²) >= 11 is 3.37. The lowest BCUT2D eigenvalue weighted by molar-refractivity contribution is -0.116. The van der Waals surface area contributed by atoms with E-state index in [9.17, 15) is 9.59 Å². The third kappa shape index (κ3) is 5.46. The van der Waals surface area contributed by atoms with Crippen molar-refractivity contribution in [2.75, 3.05) is 5.32 Å². The fraction of sp³-hybridized carbons (Fsp3) is 0.0909. The van der Waals surface area contributed by atoms with Gasteiger partial charge in [-0.3, -0.25) is 14.3 Å². The SMILES string of the molecule is O=C(Cn1cccn1)Nc1cccc(CNC(=O)c2ccc(-n3cc(Br)cn3)cc2)c1. The summed E-state index contributed by atoms with van der Waals surface area (Å²) in [4.78, 5) is 24.6. The molecule has 0 fully saturated rings. The van der Waals surface area contributed by atoms with E-state index in [1.54, 1.807) is 52.2 Å². The van der Waals surface area contributed by atoms with Gasteiger partial charge >= 0.3 is 0 Å². The molecule has 2 aromatic carbocycles. The molecule has 8 nitrogen and oxygen atoms in total. The van der Waals surface area contributed by atoms with Crippen molar-refractivity contribution >= 4 is 33.4 Å². The Morgan fingerprint density at radius 1 is 1.03 bits per heavy atom. The largest absolute Gasteiger partial charge is 0.348 e. The maximum Gasteiger partial charge on any atom is 0.251 e. The first-order chi connectivity index (χ1) is 15.1. The number of carbonyl (C=O) groups excluding carboxylic acids is 2. The Balaban J connectivity index is 1.33. The molecule has 2 aromatic heterocycles. The van der Waals surface area contributed by atoms with Gasteiger partial charge in [-0.2, -0.15) is 10.2 Å². The van der Waals surface area contributed by atoms with Crippen LogP contribution >= 0.6 is 15.9 Å². The smallest absolute Gasteiger partial charge is 0.251 e. The second-order valence-corrected chi connectivity index (χ2v) is 7.70. The first-order valence-electron chi connectivity index (χ1n) is 9.52. The molecule has 156 valence electrons. The van der Waals surface area contributed by atoms with Gasteiger partial charge in [0.2, 0.25) is 5.91 Å². The highest BCUT2D eigenvalue weighted by atomic mass is 79.9. The highest BCUT2D eigenvalue weighted by Gasteiger charge is 2.08. The van der Waals surface area contributed by atoms with Crippen molar-refractivity contribution in [2.45, 2.75) is 13.1 Å². The van der Waals surface area contributed by atoms with Crippen molar-refractivity contribution in [2.24, 2.45) is 0 Å². The molecule has 9 heteroatoms. The molecule has 0 unspecified atom stereocenters. The van der Waals surface area contributed by atoms with Crippen molar-refractivity contribution < 1.29 is 9.59 Å². The Morgan fingerprint density at radius 2 is 1.87 bits per heavy atom. The van der Waals surface area contributed by atoms with Crippen LogP contribution in [0, 0.1) is 0 Å². The molecule has 31 heavy (non-hydrogen) atoms. The number of benzene rings is 2. The summed E-state index contributed by atoms with van der Waals surface area (Å²) in [6.07, 6.45) is 6.90. The van der Waals surface area contributed by atoms with Gasteiger partial charge in [-0.25, -0.2) is 4.68 Å². The predicted molar refractivity (Wildman–Crippen MR) is 120 cm³/mol. The number of rotatable bonds is 7. The lowest BCUT2D eigenvalue weighted by Gasteiger charge is -2.09. The van der Waals surface area contributed by atoms with Gasteiger partial charge in [-0.15, -0.1) is 0 Å². The molecule has 0 spiro atoms. The first kappa shape index (κ1) is 20.5.